The van der Waals surface area contributed by atoms with Crippen LogP contribution in [0.2, 0.25) is 5.02 Å². The number of nitro benzene ring substituents is 1. The summed E-state index contributed by atoms with van der Waals surface area (Å²) in [5.74, 6) is 0. The van der Waals surface area contributed by atoms with Crippen LogP contribution in [-0.2, 0) is 0 Å². The standard InChI is InChI=1S/C11H9ClN4O2S/c1-7-6-19-11(14-7)15-13-5-8-2-9(12)4-10(3-8)16(17)18/h2-6H,1H3,(H,14,15). The normalized spacial score (nSPS) is 10.8. The van der Waals surface area contributed by atoms with Crippen molar-refractivity contribution in [2.24, 2.45) is 5.10 Å². The number of nitrogens with zero attached hydrogens (tertiary/aromatic N) is 3. The van der Waals surface area contributed by atoms with E-state index >= 15 is 0 Å². The van der Waals surface area contributed by atoms with Gasteiger partial charge >= 0.3 is 0 Å². The van der Waals surface area contributed by atoms with Crippen molar-refractivity contribution in [3.8, 4) is 0 Å². The summed E-state index contributed by atoms with van der Waals surface area (Å²) in [6, 6.07) is 4.27. The van der Waals surface area contributed by atoms with E-state index in [-0.39, 0.29) is 5.69 Å². The maximum Gasteiger partial charge on any atom is 0.271 e. The molecule has 0 spiro atoms. The van der Waals surface area contributed by atoms with Crippen LogP contribution in [0.3, 0.4) is 0 Å². The minimum absolute atomic E-state index is 0.0703. The number of hydrogen-bond acceptors (Lipinski definition) is 6. The zero-order valence-corrected chi connectivity index (χ0v) is 11.4. The van der Waals surface area contributed by atoms with Gasteiger partial charge in [-0.05, 0) is 13.0 Å². The monoisotopic (exact) mass is 296 g/mol. The van der Waals surface area contributed by atoms with Gasteiger partial charge in [0.15, 0.2) is 0 Å². The lowest BCUT2D eigenvalue weighted by atomic mass is 10.2. The van der Waals surface area contributed by atoms with Gasteiger partial charge in [0.2, 0.25) is 5.13 Å². The number of halogens is 1. The van der Waals surface area contributed by atoms with Gasteiger partial charge in [0.05, 0.1) is 16.8 Å². The van der Waals surface area contributed by atoms with Gasteiger partial charge in [-0.15, -0.1) is 11.3 Å². The Labute approximate surface area is 117 Å². The molecule has 0 fully saturated rings. The maximum atomic E-state index is 10.7. The van der Waals surface area contributed by atoms with Crippen LogP contribution in [-0.4, -0.2) is 16.1 Å². The van der Waals surface area contributed by atoms with Crippen LogP contribution < -0.4 is 5.43 Å². The molecule has 2 rings (SSSR count). The van der Waals surface area contributed by atoms with Gasteiger partial charge in [-0.2, -0.15) is 5.10 Å². The van der Waals surface area contributed by atoms with Gasteiger partial charge < -0.3 is 0 Å². The van der Waals surface area contributed by atoms with E-state index in [9.17, 15) is 10.1 Å². The minimum atomic E-state index is -0.499. The number of benzene rings is 1. The van der Waals surface area contributed by atoms with Crippen molar-refractivity contribution in [2.45, 2.75) is 6.92 Å². The Hall–Kier alpha value is -1.99. The van der Waals surface area contributed by atoms with Crippen LogP contribution in [0, 0.1) is 17.0 Å². The molecule has 98 valence electrons. The Morgan fingerprint density at radius 1 is 1.53 bits per heavy atom. The lowest BCUT2D eigenvalue weighted by Gasteiger charge is -1.97. The largest absolute Gasteiger partial charge is 0.271 e. The van der Waals surface area contributed by atoms with Crippen LogP contribution in [0.1, 0.15) is 11.3 Å². The second-order valence-corrected chi connectivity index (χ2v) is 4.96. The smallest absolute Gasteiger partial charge is 0.258 e. The Kier molecular flexibility index (Phi) is 4.08. The van der Waals surface area contributed by atoms with Gasteiger partial charge in [-0.25, -0.2) is 4.98 Å². The van der Waals surface area contributed by atoms with Crippen molar-refractivity contribution >= 4 is 40.0 Å². The molecule has 8 heteroatoms. The Morgan fingerprint density at radius 2 is 2.32 bits per heavy atom. The molecule has 0 saturated heterocycles. The fraction of sp³-hybridized carbons (Fsp3) is 0.0909. The molecule has 2 aromatic rings. The third-order valence-corrected chi connectivity index (χ3v) is 3.19. The van der Waals surface area contributed by atoms with Gasteiger partial charge in [0.1, 0.15) is 0 Å². The second-order valence-electron chi connectivity index (χ2n) is 3.66. The van der Waals surface area contributed by atoms with Crippen LogP contribution in [0.5, 0.6) is 0 Å². The quantitative estimate of drug-likeness (QED) is 0.532. The van der Waals surface area contributed by atoms with E-state index in [0.717, 1.165) is 5.69 Å². The number of non-ortho nitro benzene ring substituents is 1. The summed E-state index contributed by atoms with van der Waals surface area (Å²) in [6.07, 6.45) is 1.45. The van der Waals surface area contributed by atoms with E-state index in [1.807, 2.05) is 12.3 Å². The molecule has 1 aromatic heterocycles. The minimum Gasteiger partial charge on any atom is -0.258 e. The summed E-state index contributed by atoms with van der Waals surface area (Å²) >= 11 is 7.22. The zero-order valence-electron chi connectivity index (χ0n) is 9.83. The molecule has 0 aliphatic carbocycles. The van der Waals surface area contributed by atoms with Crippen molar-refractivity contribution < 1.29 is 4.92 Å². The summed E-state index contributed by atoms with van der Waals surface area (Å²) in [5.41, 5.74) is 4.12. The molecule has 1 heterocycles. The molecule has 6 nitrogen and oxygen atoms in total. The van der Waals surface area contributed by atoms with E-state index < -0.39 is 4.92 Å². The van der Waals surface area contributed by atoms with Crippen LogP contribution in [0.15, 0.2) is 28.7 Å². The highest BCUT2D eigenvalue weighted by Crippen LogP contribution is 2.20. The highest BCUT2D eigenvalue weighted by atomic mass is 35.5. The SMILES string of the molecule is Cc1csc(NN=Cc2cc(Cl)cc([N+](=O)[O-])c2)n1. The van der Waals surface area contributed by atoms with Gasteiger partial charge in [-0.3, -0.25) is 15.5 Å². The van der Waals surface area contributed by atoms with Crippen LogP contribution in [0.4, 0.5) is 10.8 Å². The predicted octanol–water partition coefficient (Wildman–Crippen LogP) is 3.46. The van der Waals surface area contributed by atoms with E-state index in [0.29, 0.717) is 15.7 Å². The first kappa shape index (κ1) is 13.4. The molecule has 1 aromatic carbocycles. The summed E-state index contributed by atoms with van der Waals surface area (Å²) in [6.45, 7) is 1.88. The van der Waals surface area contributed by atoms with E-state index in [4.69, 9.17) is 11.6 Å². The summed E-state index contributed by atoms with van der Waals surface area (Å²) < 4.78 is 0. The number of rotatable bonds is 4. The number of nitro groups is 1. The predicted molar refractivity (Wildman–Crippen MR) is 76.2 cm³/mol. The fourth-order valence-electron chi connectivity index (χ4n) is 1.34. The Balaban J connectivity index is 2.12. The third kappa shape index (κ3) is 3.73. The van der Waals surface area contributed by atoms with Gasteiger partial charge in [-0.1, -0.05) is 11.6 Å². The molecule has 0 saturated carbocycles. The average molecular weight is 297 g/mol. The highest BCUT2D eigenvalue weighted by Gasteiger charge is 2.07. The van der Waals surface area contributed by atoms with Crippen molar-refractivity contribution in [3.05, 3.63) is 50.0 Å². The number of nitrogens with one attached hydrogen (secondary N) is 1. The first-order valence-electron chi connectivity index (χ1n) is 5.21. The summed E-state index contributed by atoms with van der Waals surface area (Å²) in [7, 11) is 0. The number of aryl methyl sites for hydroxylation is 1. The molecule has 0 aliphatic rings. The molecule has 0 amide bonds. The number of anilines is 1. The third-order valence-electron chi connectivity index (χ3n) is 2.11. The molecule has 0 bridgehead atoms. The molecule has 19 heavy (non-hydrogen) atoms. The van der Waals surface area contributed by atoms with Crippen molar-refractivity contribution in [2.75, 3.05) is 5.43 Å². The van der Waals surface area contributed by atoms with E-state index in [1.54, 1.807) is 6.07 Å². The molecular formula is C11H9ClN4O2S. The lowest BCUT2D eigenvalue weighted by molar-refractivity contribution is -0.384. The number of hydrogen-bond donors (Lipinski definition) is 1. The fourth-order valence-corrected chi connectivity index (χ4v) is 2.22. The Bertz CT molecular complexity index is 641. The molecule has 0 radical (unpaired) electrons. The average Bonchev–Trinajstić information content (AvgIpc) is 2.74. The first-order valence-corrected chi connectivity index (χ1v) is 6.46. The van der Waals surface area contributed by atoms with E-state index in [1.165, 1.54) is 29.7 Å². The van der Waals surface area contributed by atoms with Crippen LogP contribution in [0.25, 0.3) is 0 Å². The summed E-state index contributed by atoms with van der Waals surface area (Å²) in [4.78, 5) is 14.3. The van der Waals surface area contributed by atoms with Gasteiger partial charge in [0.25, 0.3) is 5.69 Å². The zero-order chi connectivity index (χ0) is 13.8. The Morgan fingerprint density at radius 3 is 2.95 bits per heavy atom. The second kappa shape index (κ2) is 5.77. The van der Waals surface area contributed by atoms with E-state index in [2.05, 4.69) is 15.5 Å². The number of hydrazone groups is 1. The number of aromatic nitrogens is 1. The maximum absolute atomic E-state index is 10.7. The molecule has 0 unspecified atom stereocenters. The van der Waals surface area contributed by atoms with Gasteiger partial charge in [0, 0.05) is 28.1 Å². The highest BCUT2D eigenvalue weighted by molar-refractivity contribution is 7.13. The number of thiazole rings is 1. The molecular weight excluding hydrogens is 288 g/mol. The molecule has 0 atom stereocenters. The van der Waals surface area contributed by atoms with Crippen molar-refractivity contribution in [1.82, 2.24) is 4.98 Å². The van der Waals surface area contributed by atoms with Crippen LogP contribution >= 0.6 is 22.9 Å². The lowest BCUT2D eigenvalue weighted by Crippen LogP contribution is -1.93. The molecule has 1 N–H and O–H groups in total. The first-order chi connectivity index (χ1) is 9.04. The summed E-state index contributed by atoms with van der Waals surface area (Å²) in [5, 5.41) is 17.5. The topological polar surface area (TPSA) is 80.4 Å². The van der Waals surface area contributed by atoms with Crippen molar-refractivity contribution in [1.29, 1.82) is 0 Å². The molecule has 0 aliphatic heterocycles. The van der Waals surface area contributed by atoms with Crippen molar-refractivity contribution in [3.63, 3.8) is 0 Å².